The number of nitrogens with two attached hydrogens (primary N) is 1. The minimum atomic E-state index is 0.0185. The first-order valence-electron chi connectivity index (χ1n) is 6.72. The average Bonchev–Trinajstić information content (AvgIpc) is 2.39. The van der Waals surface area contributed by atoms with Gasteiger partial charge in [-0.2, -0.15) is 0 Å². The van der Waals surface area contributed by atoms with Gasteiger partial charge in [-0.3, -0.25) is 4.79 Å². The Hall–Kier alpha value is -1.35. The van der Waals surface area contributed by atoms with Crippen molar-refractivity contribution in [2.24, 2.45) is 11.7 Å². The third-order valence-electron chi connectivity index (χ3n) is 3.75. The highest BCUT2D eigenvalue weighted by molar-refractivity contribution is 5.94. The molecule has 98 valence electrons. The van der Waals surface area contributed by atoms with Crippen LogP contribution in [0.25, 0.3) is 0 Å². The fourth-order valence-electron chi connectivity index (χ4n) is 2.32. The van der Waals surface area contributed by atoms with E-state index in [0.29, 0.717) is 0 Å². The van der Waals surface area contributed by atoms with E-state index >= 15 is 0 Å². The molecule has 2 rings (SSSR count). The molecule has 18 heavy (non-hydrogen) atoms. The van der Waals surface area contributed by atoms with Crippen LogP contribution in [0, 0.1) is 5.92 Å². The zero-order valence-electron chi connectivity index (χ0n) is 11.2. The Labute approximate surface area is 109 Å². The number of piperidine rings is 1. The maximum Gasteiger partial charge on any atom is 0.253 e. The summed E-state index contributed by atoms with van der Waals surface area (Å²) in [5.74, 6) is 0.896. The molecule has 1 aliphatic heterocycles. The summed E-state index contributed by atoms with van der Waals surface area (Å²) >= 11 is 0. The van der Waals surface area contributed by atoms with Gasteiger partial charge in [-0.15, -0.1) is 0 Å². The van der Waals surface area contributed by atoms with Crippen LogP contribution in [0.15, 0.2) is 24.3 Å². The molecule has 3 heteroatoms. The predicted octanol–water partition coefficient (Wildman–Crippen LogP) is 2.58. The standard InChI is InChI=1S/C15H22N2O/c1-11-7-9-17(10-8-11)15(18)14-5-3-13(4-6-14)12(2)16/h3-6,11-12H,7-10,16H2,1-2H3. The zero-order valence-corrected chi connectivity index (χ0v) is 11.2. The summed E-state index contributed by atoms with van der Waals surface area (Å²) in [5, 5.41) is 0. The van der Waals surface area contributed by atoms with E-state index in [2.05, 4.69) is 6.92 Å². The molecule has 1 heterocycles. The van der Waals surface area contributed by atoms with Crippen molar-refractivity contribution in [1.82, 2.24) is 4.90 Å². The molecular weight excluding hydrogens is 224 g/mol. The van der Waals surface area contributed by atoms with E-state index in [1.54, 1.807) is 0 Å². The van der Waals surface area contributed by atoms with Crippen LogP contribution in [0.3, 0.4) is 0 Å². The van der Waals surface area contributed by atoms with E-state index in [1.165, 1.54) is 0 Å². The lowest BCUT2D eigenvalue weighted by molar-refractivity contribution is 0.0697. The Morgan fingerprint density at radius 3 is 2.33 bits per heavy atom. The van der Waals surface area contributed by atoms with Gasteiger partial charge in [0, 0.05) is 24.7 Å². The van der Waals surface area contributed by atoms with Gasteiger partial charge in [-0.1, -0.05) is 19.1 Å². The molecule has 0 saturated carbocycles. The molecule has 1 aliphatic rings. The van der Waals surface area contributed by atoms with Crippen LogP contribution in [-0.2, 0) is 0 Å². The fourth-order valence-corrected chi connectivity index (χ4v) is 2.32. The first kappa shape index (κ1) is 13.1. The van der Waals surface area contributed by atoms with Crippen molar-refractivity contribution >= 4 is 5.91 Å². The highest BCUT2D eigenvalue weighted by Gasteiger charge is 2.21. The molecule has 0 aliphatic carbocycles. The van der Waals surface area contributed by atoms with Gasteiger partial charge < -0.3 is 10.6 Å². The predicted molar refractivity (Wildman–Crippen MR) is 73.3 cm³/mol. The van der Waals surface area contributed by atoms with Gasteiger partial charge in [0.05, 0.1) is 0 Å². The molecule has 0 aromatic heterocycles. The summed E-state index contributed by atoms with van der Waals surface area (Å²) in [4.78, 5) is 14.2. The monoisotopic (exact) mass is 246 g/mol. The van der Waals surface area contributed by atoms with Crippen LogP contribution in [0.1, 0.15) is 48.7 Å². The highest BCUT2D eigenvalue weighted by Crippen LogP contribution is 2.19. The van der Waals surface area contributed by atoms with Crippen molar-refractivity contribution in [2.45, 2.75) is 32.7 Å². The van der Waals surface area contributed by atoms with Crippen molar-refractivity contribution in [3.8, 4) is 0 Å². The molecule has 1 aromatic rings. The van der Waals surface area contributed by atoms with Crippen molar-refractivity contribution in [3.63, 3.8) is 0 Å². The number of amides is 1. The Morgan fingerprint density at radius 1 is 1.28 bits per heavy atom. The maximum atomic E-state index is 12.3. The second-order valence-corrected chi connectivity index (χ2v) is 5.39. The Morgan fingerprint density at radius 2 is 1.83 bits per heavy atom. The van der Waals surface area contributed by atoms with Gasteiger partial charge in [0.25, 0.3) is 5.91 Å². The summed E-state index contributed by atoms with van der Waals surface area (Å²) < 4.78 is 0. The maximum absolute atomic E-state index is 12.3. The lowest BCUT2D eigenvalue weighted by atomic mass is 9.98. The highest BCUT2D eigenvalue weighted by atomic mass is 16.2. The summed E-state index contributed by atoms with van der Waals surface area (Å²) in [6.07, 6.45) is 2.23. The van der Waals surface area contributed by atoms with E-state index in [0.717, 1.165) is 43.0 Å². The van der Waals surface area contributed by atoms with Crippen LogP contribution in [-0.4, -0.2) is 23.9 Å². The summed E-state index contributed by atoms with van der Waals surface area (Å²) in [7, 11) is 0. The first-order chi connectivity index (χ1) is 8.58. The van der Waals surface area contributed by atoms with E-state index < -0.39 is 0 Å². The van der Waals surface area contributed by atoms with E-state index in [1.807, 2.05) is 36.1 Å². The zero-order chi connectivity index (χ0) is 13.1. The van der Waals surface area contributed by atoms with Crippen molar-refractivity contribution < 1.29 is 4.79 Å². The SMILES string of the molecule is CC1CCN(C(=O)c2ccc(C(C)N)cc2)CC1. The summed E-state index contributed by atoms with van der Waals surface area (Å²) in [5.41, 5.74) is 7.64. The smallest absolute Gasteiger partial charge is 0.253 e. The third kappa shape index (κ3) is 2.91. The molecule has 0 bridgehead atoms. The molecule has 1 fully saturated rings. The van der Waals surface area contributed by atoms with Gasteiger partial charge >= 0.3 is 0 Å². The second kappa shape index (κ2) is 5.53. The topological polar surface area (TPSA) is 46.3 Å². The van der Waals surface area contributed by atoms with Gasteiger partial charge in [-0.25, -0.2) is 0 Å². The Kier molecular flexibility index (Phi) is 4.02. The second-order valence-electron chi connectivity index (χ2n) is 5.39. The lowest BCUT2D eigenvalue weighted by Gasteiger charge is -2.30. The average molecular weight is 246 g/mol. The molecule has 2 N–H and O–H groups in total. The third-order valence-corrected chi connectivity index (χ3v) is 3.75. The molecule has 1 saturated heterocycles. The Balaban J connectivity index is 2.04. The van der Waals surface area contributed by atoms with E-state index in [4.69, 9.17) is 5.73 Å². The lowest BCUT2D eigenvalue weighted by Crippen LogP contribution is -2.37. The largest absolute Gasteiger partial charge is 0.339 e. The molecule has 0 spiro atoms. The minimum absolute atomic E-state index is 0.0185. The number of hydrogen-bond donors (Lipinski definition) is 1. The quantitative estimate of drug-likeness (QED) is 0.871. The van der Waals surface area contributed by atoms with Gasteiger partial charge in [-0.05, 0) is 43.4 Å². The molecular formula is C15H22N2O. The fraction of sp³-hybridized carbons (Fsp3) is 0.533. The Bertz CT molecular complexity index is 403. The van der Waals surface area contributed by atoms with Crippen molar-refractivity contribution in [2.75, 3.05) is 13.1 Å². The normalized spacial score (nSPS) is 18.7. The van der Waals surface area contributed by atoms with Gasteiger partial charge in [0.2, 0.25) is 0 Å². The van der Waals surface area contributed by atoms with E-state index in [-0.39, 0.29) is 11.9 Å². The molecule has 0 radical (unpaired) electrons. The van der Waals surface area contributed by atoms with E-state index in [9.17, 15) is 4.79 Å². The molecule has 1 amide bonds. The number of hydrogen-bond acceptors (Lipinski definition) is 2. The van der Waals surface area contributed by atoms with Crippen LogP contribution in [0.4, 0.5) is 0 Å². The number of benzene rings is 1. The number of carbonyl (C=O) groups excluding carboxylic acids is 1. The number of rotatable bonds is 2. The van der Waals surface area contributed by atoms with Crippen LogP contribution < -0.4 is 5.73 Å². The van der Waals surface area contributed by atoms with Gasteiger partial charge in [0.15, 0.2) is 0 Å². The molecule has 1 atom stereocenters. The van der Waals surface area contributed by atoms with Crippen LogP contribution in [0.5, 0.6) is 0 Å². The van der Waals surface area contributed by atoms with Crippen molar-refractivity contribution in [1.29, 1.82) is 0 Å². The molecule has 3 nitrogen and oxygen atoms in total. The van der Waals surface area contributed by atoms with Crippen LogP contribution >= 0.6 is 0 Å². The number of nitrogens with zero attached hydrogens (tertiary/aromatic N) is 1. The molecule has 1 aromatic carbocycles. The van der Waals surface area contributed by atoms with Crippen LogP contribution in [0.2, 0.25) is 0 Å². The number of likely N-dealkylation sites (tertiary alicyclic amines) is 1. The first-order valence-corrected chi connectivity index (χ1v) is 6.72. The van der Waals surface area contributed by atoms with Gasteiger partial charge in [0.1, 0.15) is 0 Å². The summed E-state index contributed by atoms with van der Waals surface area (Å²) in [6, 6.07) is 7.69. The van der Waals surface area contributed by atoms with Crippen molar-refractivity contribution in [3.05, 3.63) is 35.4 Å². The molecule has 1 unspecified atom stereocenters. The minimum Gasteiger partial charge on any atom is -0.339 e. The number of carbonyl (C=O) groups is 1. The summed E-state index contributed by atoms with van der Waals surface area (Å²) in [6.45, 7) is 5.96.